The van der Waals surface area contributed by atoms with Gasteiger partial charge in [-0.2, -0.15) is 0 Å². The molecule has 2 heterocycles. The molecule has 1 aromatic rings. The van der Waals surface area contributed by atoms with Gasteiger partial charge < -0.3 is 20.1 Å². The van der Waals surface area contributed by atoms with Gasteiger partial charge in [0.2, 0.25) is 5.91 Å². The average molecular weight is 293 g/mol. The Morgan fingerprint density at radius 1 is 1.67 bits per heavy atom. The molecule has 0 saturated carbocycles. The van der Waals surface area contributed by atoms with Gasteiger partial charge in [0.1, 0.15) is 11.9 Å². The molecule has 1 unspecified atom stereocenters. The molecule has 0 aliphatic carbocycles. The van der Waals surface area contributed by atoms with Gasteiger partial charge in [-0.25, -0.2) is 4.98 Å². The topological polar surface area (TPSA) is 74.7 Å². The number of ether oxygens (including phenoxy) is 1. The van der Waals surface area contributed by atoms with Gasteiger partial charge >= 0.3 is 0 Å². The Morgan fingerprint density at radius 2 is 2.48 bits per heavy atom. The standard InChI is InChI=1S/C15H23N3O3/c1-3-5-17-15(20)13-10-21-8-7-18(13)14-9-12(11(2)19)4-6-16-14/h4,6,9,11,13,19H,3,5,7-8,10H2,1-2H3,(H,17,20)/t11-,13?/m1/s1. The number of aliphatic hydroxyl groups is 1. The van der Waals surface area contributed by atoms with Gasteiger partial charge in [-0.3, -0.25) is 4.79 Å². The highest BCUT2D eigenvalue weighted by molar-refractivity contribution is 5.85. The number of aliphatic hydroxyl groups excluding tert-OH is 1. The van der Waals surface area contributed by atoms with Crippen molar-refractivity contribution in [3.8, 4) is 0 Å². The maximum absolute atomic E-state index is 12.2. The van der Waals surface area contributed by atoms with Crippen molar-refractivity contribution in [2.75, 3.05) is 31.2 Å². The SMILES string of the molecule is CCCNC(=O)C1COCCN1c1cc([C@@H](C)O)ccn1. The van der Waals surface area contributed by atoms with Crippen molar-refractivity contribution >= 4 is 11.7 Å². The van der Waals surface area contributed by atoms with E-state index in [0.29, 0.717) is 32.1 Å². The smallest absolute Gasteiger partial charge is 0.245 e. The summed E-state index contributed by atoms with van der Waals surface area (Å²) in [5.41, 5.74) is 0.791. The lowest BCUT2D eigenvalue weighted by Crippen LogP contribution is -2.54. The minimum Gasteiger partial charge on any atom is -0.389 e. The summed E-state index contributed by atoms with van der Waals surface area (Å²) in [5, 5.41) is 12.6. The van der Waals surface area contributed by atoms with E-state index in [1.165, 1.54) is 0 Å². The summed E-state index contributed by atoms with van der Waals surface area (Å²) < 4.78 is 5.43. The van der Waals surface area contributed by atoms with Gasteiger partial charge in [-0.05, 0) is 31.0 Å². The van der Waals surface area contributed by atoms with Crippen LogP contribution in [0.5, 0.6) is 0 Å². The normalized spacial score (nSPS) is 20.1. The van der Waals surface area contributed by atoms with Gasteiger partial charge in [0.15, 0.2) is 0 Å². The molecule has 21 heavy (non-hydrogen) atoms. The van der Waals surface area contributed by atoms with E-state index in [9.17, 15) is 9.90 Å². The largest absolute Gasteiger partial charge is 0.389 e. The number of nitrogens with one attached hydrogen (secondary N) is 1. The van der Waals surface area contributed by atoms with E-state index in [1.807, 2.05) is 17.9 Å². The van der Waals surface area contributed by atoms with Crippen LogP contribution in [0.3, 0.4) is 0 Å². The molecule has 0 radical (unpaired) electrons. The van der Waals surface area contributed by atoms with Crippen LogP contribution in [-0.2, 0) is 9.53 Å². The van der Waals surface area contributed by atoms with Crippen LogP contribution in [0.15, 0.2) is 18.3 Å². The van der Waals surface area contributed by atoms with Crippen LogP contribution in [0.4, 0.5) is 5.82 Å². The van der Waals surface area contributed by atoms with Crippen molar-refractivity contribution in [2.45, 2.75) is 32.4 Å². The maximum Gasteiger partial charge on any atom is 0.245 e. The molecule has 0 spiro atoms. The molecular weight excluding hydrogens is 270 g/mol. The molecule has 1 fully saturated rings. The number of hydrogen-bond acceptors (Lipinski definition) is 5. The average Bonchev–Trinajstić information content (AvgIpc) is 2.52. The van der Waals surface area contributed by atoms with Crippen molar-refractivity contribution in [3.63, 3.8) is 0 Å². The molecule has 2 atom stereocenters. The molecule has 1 saturated heterocycles. The van der Waals surface area contributed by atoms with E-state index < -0.39 is 6.10 Å². The van der Waals surface area contributed by atoms with E-state index in [0.717, 1.165) is 12.0 Å². The number of anilines is 1. The quantitative estimate of drug-likeness (QED) is 0.842. The molecular formula is C15H23N3O3. The highest BCUT2D eigenvalue weighted by Gasteiger charge is 2.30. The van der Waals surface area contributed by atoms with Crippen molar-refractivity contribution in [1.29, 1.82) is 0 Å². The first-order valence-electron chi connectivity index (χ1n) is 7.39. The zero-order valence-corrected chi connectivity index (χ0v) is 12.6. The number of carbonyl (C=O) groups is 1. The number of hydrogen-bond donors (Lipinski definition) is 2. The highest BCUT2D eigenvalue weighted by Crippen LogP contribution is 2.21. The third kappa shape index (κ3) is 3.92. The number of pyridine rings is 1. The second kappa shape index (κ2) is 7.38. The first kappa shape index (κ1) is 15.7. The number of morpholine rings is 1. The van der Waals surface area contributed by atoms with Crippen molar-refractivity contribution < 1.29 is 14.6 Å². The van der Waals surface area contributed by atoms with Gasteiger partial charge in [0, 0.05) is 19.3 Å². The Bertz CT molecular complexity index is 479. The lowest BCUT2D eigenvalue weighted by Gasteiger charge is -2.35. The molecule has 0 bridgehead atoms. The number of nitrogens with zero attached hydrogens (tertiary/aromatic N) is 2. The van der Waals surface area contributed by atoms with E-state index in [-0.39, 0.29) is 11.9 Å². The van der Waals surface area contributed by atoms with E-state index in [1.54, 1.807) is 19.2 Å². The molecule has 6 heteroatoms. The summed E-state index contributed by atoms with van der Waals surface area (Å²) in [6, 6.07) is 3.23. The van der Waals surface area contributed by atoms with Crippen LogP contribution in [0.1, 0.15) is 31.9 Å². The van der Waals surface area contributed by atoms with Crippen LogP contribution in [0, 0.1) is 0 Å². The molecule has 1 amide bonds. The first-order chi connectivity index (χ1) is 10.1. The van der Waals surface area contributed by atoms with Crippen LogP contribution in [0.2, 0.25) is 0 Å². The zero-order valence-electron chi connectivity index (χ0n) is 12.6. The van der Waals surface area contributed by atoms with E-state index in [2.05, 4.69) is 10.3 Å². The summed E-state index contributed by atoms with van der Waals surface area (Å²) in [6.07, 6.45) is 2.00. The summed E-state index contributed by atoms with van der Waals surface area (Å²) in [4.78, 5) is 18.5. The van der Waals surface area contributed by atoms with Crippen LogP contribution in [-0.4, -0.2) is 48.3 Å². The molecule has 6 nitrogen and oxygen atoms in total. The lowest BCUT2D eigenvalue weighted by molar-refractivity contribution is -0.124. The molecule has 116 valence electrons. The fourth-order valence-electron chi connectivity index (χ4n) is 2.31. The third-order valence-electron chi connectivity index (χ3n) is 3.53. The van der Waals surface area contributed by atoms with Gasteiger partial charge in [-0.15, -0.1) is 0 Å². The molecule has 1 aliphatic rings. The number of aromatic nitrogens is 1. The molecule has 1 aliphatic heterocycles. The Balaban J connectivity index is 2.18. The van der Waals surface area contributed by atoms with Crippen molar-refractivity contribution in [2.24, 2.45) is 0 Å². The zero-order chi connectivity index (χ0) is 15.2. The van der Waals surface area contributed by atoms with E-state index >= 15 is 0 Å². The summed E-state index contributed by atoms with van der Waals surface area (Å²) in [5.74, 6) is 0.661. The number of carbonyl (C=O) groups excluding carboxylic acids is 1. The first-order valence-corrected chi connectivity index (χ1v) is 7.39. The number of rotatable bonds is 5. The third-order valence-corrected chi connectivity index (χ3v) is 3.53. The monoisotopic (exact) mass is 293 g/mol. The van der Waals surface area contributed by atoms with Gasteiger partial charge in [-0.1, -0.05) is 6.92 Å². The van der Waals surface area contributed by atoms with E-state index in [4.69, 9.17) is 4.74 Å². The Kier molecular flexibility index (Phi) is 5.52. The summed E-state index contributed by atoms with van der Waals surface area (Å²) in [7, 11) is 0. The Hall–Kier alpha value is -1.66. The van der Waals surface area contributed by atoms with Crippen LogP contribution < -0.4 is 10.2 Å². The fourth-order valence-corrected chi connectivity index (χ4v) is 2.31. The molecule has 2 rings (SSSR count). The molecule has 0 aromatic carbocycles. The second-order valence-electron chi connectivity index (χ2n) is 5.20. The summed E-state index contributed by atoms with van der Waals surface area (Å²) in [6.45, 7) is 5.92. The highest BCUT2D eigenvalue weighted by atomic mass is 16.5. The minimum atomic E-state index is -0.555. The van der Waals surface area contributed by atoms with Gasteiger partial charge in [0.25, 0.3) is 0 Å². The van der Waals surface area contributed by atoms with Crippen molar-refractivity contribution in [1.82, 2.24) is 10.3 Å². The Morgan fingerprint density at radius 3 is 3.19 bits per heavy atom. The summed E-state index contributed by atoms with van der Waals surface area (Å²) >= 11 is 0. The van der Waals surface area contributed by atoms with Crippen LogP contribution in [0.25, 0.3) is 0 Å². The second-order valence-corrected chi connectivity index (χ2v) is 5.20. The minimum absolute atomic E-state index is 0.0409. The number of amides is 1. The lowest BCUT2D eigenvalue weighted by atomic mass is 10.1. The van der Waals surface area contributed by atoms with Gasteiger partial charge in [0.05, 0.1) is 19.3 Å². The molecule has 2 N–H and O–H groups in total. The Labute approximate surface area is 125 Å². The maximum atomic E-state index is 12.2. The van der Waals surface area contributed by atoms with Crippen molar-refractivity contribution in [3.05, 3.63) is 23.9 Å². The molecule has 1 aromatic heterocycles. The predicted octanol–water partition coefficient (Wildman–Crippen LogP) is 0.866. The fraction of sp³-hybridized carbons (Fsp3) is 0.600. The van der Waals surface area contributed by atoms with Crippen LogP contribution >= 0.6 is 0 Å². The predicted molar refractivity (Wildman–Crippen MR) is 80.1 cm³/mol.